The van der Waals surface area contributed by atoms with E-state index in [-0.39, 0.29) is 11.8 Å². The normalized spacial score (nSPS) is 17.8. The molecule has 1 atom stereocenters. The van der Waals surface area contributed by atoms with Crippen molar-refractivity contribution in [2.75, 3.05) is 5.32 Å². The van der Waals surface area contributed by atoms with Crippen molar-refractivity contribution in [3.63, 3.8) is 0 Å². The van der Waals surface area contributed by atoms with E-state index in [2.05, 4.69) is 33.9 Å². The Balaban J connectivity index is 1.71. The van der Waals surface area contributed by atoms with Crippen LogP contribution in [0.5, 0.6) is 0 Å². The summed E-state index contributed by atoms with van der Waals surface area (Å²) in [6, 6.07) is 4.02. The number of amides is 1. The van der Waals surface area contributed by atoms with E-state index < -0.39 is 0 Å². The molecule has 1 aliphatic carbocycles. The van der Waals surface area contributed by atoms with Crippen LogP contribution in [0.4, 0.5) is 5.82 Å². The molecule has 0 fully saturated rings. The van der Waals surface area contributed by atoms with E-state index in [1.807, 2.05) is 6.07 Å². The molecule has 3 rings (SSSR count). The molecule has 4 nitrogen and oxygen atoms in total. The van der Waals surface area contributed by atoms with Crippen molar-refractivity contribution in [2.45, 2.75) is 44.9 Å². The molecule has 1 aliphatic rings. The highest BCUT2D eigenvalue weighted by atomic mass is 32.1. The van der Waals surface area contributed by atoms with Gasteiger partial charge in [0.05, 0.1) is 5.92 Å². The third kappa shape index (κ3) is 2.63. The largest absolute Gasteiger partial charge is 0.309 e. The minimum absolute atomic E-state index is 0.0173. The zero-order chi connectivity index (χ0) is 13.9. The number of H-pyrrole nitrogens is 1. The number of nitrogens with zero attached hydrogens (tertiary/aromatic N) is 1. The second-order valence-corrected chi connectivity index (χ2v) is 6.26. The summed E-state index contributed by atoms with van der Waals surface area (Å²) in [4.78, 5) is 13.8. The summed E-state index contributed by atoms with van der Waals surface area (Å²) in [5, 5.41) is 12.2. The Labute approximate surface area is 122 Å². The highest BCUT2D eigenvalue weighted by molar-refractivity contribution is 7.10. The molecule has 0 radical (unpaired) electrons. The van der Waals surface area contributed by atoms with E-state index in [4.69, 9.17) is 0 Å². The molecule has 0 aromatic carbocycles. The van der Waals surface area contributed by atoms with Gasteiger partial charge in [0.25, 0.3) is 0 Å². The minimum Gasteiger partial charge on any atom is -0.309 e. The highest BCUT2D eigenvalue weighted by Crippen LogP contribution is 2.35. The van der Waals surface area contributed by atoms with Crippen LogP contribution in [0, 0.1) is 0 Å². The molecular weight excluding hydrogens is 270 g/mol. The first kappa shape index (κ1) is 13.4. The summed E-state index contributed by atoms with van der Waals surface area (Å²) in [5.74, 6) is 0.691. The molecule has 0 bridgehead atoms. The molecule has 0 spiro atoms. The van der Waals surface area contributed by atoms with Crippen molar-refractivity contribution >= 4 is 23.1 Å². The maximum atomic E-state index is 12.4. The van der Waals surface area contributed by atoms with E-state index in [0.717, 1.165) is 37.8 Å². The number of carbonyl (C=O) groups is 1. The van der Waals surface area contributed by atoms with Crippen molar-refractivity contribution < 1.29 is 4.79 Å². The molecule has 1 amide bonds. The van der Waals surface area contributed by atoms with Crippen molar-refractivity contribution in [3.05, 3.63) is 33.6 Å². The van der Waals surface area contributed by atoms with Gasteiger partial charge in [-0.3, -0.25) is 9.89 Å². The van der Waals surface area contributed by atoms with Gasteiger partial charge in [0.2, 0.25) is 5.91 Å². The van der Waals surface area contributed by atoms with Crippen LogP contribution >= 0.6 is 11.3 Å². The fourth-order valence-corrected chi connectivity index (χ4v) is 3.78. The number of aromatic nitrogens is 2. The minimum atomic E-state index is -0.0173. The Morgan fingerprint density at radius 2 is 2.50 bits per heavy atom. The zero-order valence-electron chi connectivity index (χ0n) is 11.6. The lowest BCUT2D eigenvalue weighted by Gasteiger charge is -2.21. The number of hydrogen-bond acceptors (Lipinski definition) is 3. The molecule has 20 heavy (non-hydrogen) atoms. The average Bonchev–Trinajstić information content (AvgIpc) is 3.07. The number of carbonyl (C=O) groups excluding carboxylic acids is 1. The quantitative estimate of drug-likeness (QED) is 0.905. The predicted molar refractivity (Wildman–Crippen MR) is 81.2 cm³/mol. The lowest BCUT2D eigenvalue weighted by Crippen LogP contribution is -2.24. The van der Waals surface area contributed by atoms with Gasteiger partial charge >= 0.3 is 0 Å². The molecule has 2 aromatic heterocycles. The van der Waals surface area contributed by atoms with Gasteiger partial charge in [-0.2, -0.15) is 5.10 Å². The molecular formula is C15H19N3OS. The molecule has 0 aliphatic heterocycles. The van der Waals surface area contributed by atoms with Crippen LogP contribution in [-0.2, 0) is 17.6 Å². The van der Waals surface area contributed by atoms with Crippen LogP contribution in [0.3, 0.4) is 0 Å². The monoisotopic (exact) mass is 289 g/mol. The van der Waals surface area contributed by atoms with Crippen molar-refractivity contribution in [2.24, 2.45) is 0 Å². The third-order valence-electron chi connectivity index (χ3n) is 3.77. The molecule has 106 valence electrons. The second-order valence-electron chi connectivity index (χ2n) is 5.26. The lowest BCUT2D eigenvalue weighted by molar-refractivity contribution is -0.117. The van der Waals surface area contributed by atoms with E-state index >= 15 is 0 Å². The summed E-state index contributed by atoms with van der Waals surface area (Å²) in [7, 11) is 0. The molecule has 2 N–H and O–H groups in total. The molecule has 2 aromatic rings. The zero-order valence-corrected chi connectivity index (χ0v) is 12.4. The van der Waals surface area contributed by atoms with Crippen molar-refractivity contribution in [3.8, 4) is 0 Å². The van der Waals surface area contributed by atoms with Gasteiger partial charge in [-0.05, 0) is 42.7 Å². The van der Waals surface area contributed by atoms with Crippen LogP contribution in [0.15, 0.2) is 17.5 Å². The fourth-order valence-electron chi connectivity index (χ4n) is 2.80. The van der Waals surface area contributed by atoms with Crippen molar-refractivity contribution in [1.82, 2.24) is 10.2 Å². The van der Waals surface area contributed by atoms with E-state index in [1.165, 1.54) is 10.4 Å². The average molecular weight is 289 g/mol. The lowest BCUT2D eigenvalue weighted by atomic mass is 9.87. The molecule has 5 heteroatoms. The smallest absolute Gasteiger partial charge is 0.233 e. The molecule has 1 unspecified atom stereocenters. The van der Waals surface area contributed by atoms with Crippen LogP contribution in [-0.4, -0.2) is 16.1 Å². The maximum Gasteiger partial charge on any atom is 0.233 e. The number of thiophene rings is 1. The van der Waals surface area contributed by atoms with Crippen LogP contribution in [0.1, 0.15) is 48.2 Å². The number of fused-ring (bicyclic) bond motifs is 1. The number of rotatable bonds is 4. The van der Waals surface area contributed by atoms with E-state index in [1.54, 1.807) is 11.3 Å². The number of aromatic amines is 1. The highest BCUT2D eigenvalue weighted by Gasteiger charge is 2.27. The Morgan fingerprint density at radius 1 is 1.60 bits per heavy atom. The molecule has 0 saturated carbocycles. The maximum absolute atomic E-state index is 12.4. The Morgan fingerprint density at radius 3 is 3.35 bits per heavy atom. The first-order valence-electron chi connectivity index (χ1n) is 7.19. The van der Waals surface area contributed by atoms with Crippen LogP contribution in [0.25, 0.3) is 0 Å². The fraction of sp³-hybridized carbons (Fsp3) is 0.467. The van der Waals surface area contributed by atoms with Crippen molar-refractivity contribution in [1.29, 1.82) is 0 Å². The van der Waals surface area contributed by atoms with Gasteiger partial charge < -0.3 is 5.32 Å². The Hall–Kier alpha value is -1.62. The first-order chi connectivity index (χ1) is 9.78. The standard InChI is InChI=1S/C15H19N3OS/c1-2-4-10-9-14(18-17-10)16-15(19)12-5-3-6-13-11(12)7-8-20-13/h7-9,12H,2-6H2,1H3,(H2,16,17,18,19). The third-order valence-corrected chi connectivity index (χ3v) is 4.77. The van der Waals surface area contributed by atoms with Gasteiger partial charge in [-0.25, -0.2) is 0 Å². The SMILES string of the molecule is CCCc1cc(NC(=O)C2CCCc3sccc32)n[nH]1. The van der Waals surface area contributed by atoms with Gasteiger partial charge in [0.1, 0.15) is 0 Å². The number of hydrogen-bond donors (Lipinski definition) is 2. The number of anilines is 1. The van der Waals surface area contributed by atoms with E-state index in [9.17, 15) is 4.79 Å². The van der Waals surface area contributed by atoms with Crippen LogP contribution in [0.2, 0.25) is 0 Å². The van der Waals surface area contributed by atoms with Gasteiger partial charge in [-0.1, -0.05) is 13.3 Å². The molecule has 2 heterocycles. The predicted octanol–water partition coefficient (Wildman–Crippen LogP) is 3.48. The topological polar surface area (TPSA) is 57.8 Å². The van der Waals surface area contributed by atoms with E-state index in [0.29, 0.717) is 5.82 Å². The number of aryl methyl sites for hydroxylation is 2. The van der Waals surface area contributed by atoms with Gasteiger partial charge in [0.15, 0.2) is 5.82 Å². The molecule has 0 saturated heterocycles. The summed E-state index contributed by atoms with van der Waals surface area (Å²) in [6.45, 7) is 2.12. The van der Waals surface area contributed by atoms with Gasteiger partial charge in [-0.15, -0.1) is 11.3 Å². The Kier molecular flexibility index (Phi) is 3.87. The summed E-state index contributed by atoms with van der Waals surface area (Å²) >= 11 is 1.76. The first-order valence-corrected chi connectivity index (χ1v) is 8.07. The second kappa shape index (κ2) is 5.79. The van der Waals surface area contributed by atoms with Crippen LogP contribution < -0.4 is 5.32 Å². The summed E-state index contributed by atoms with van der Waals surface area (Å²) in [5.41, 5.74) is 2.28. The summed E-state index contributed by atoms with van der Waals surface area (Å²) < 4.78 is 0. The Bertz CT molecular complexity index is 602. The number of nitrogens with one attached hydrogen (secondary N) is 2. The van der Waals surface area contributed by atoms with Gasteiger partial charge in [0, 0.05) is 16.6 Å². The summed E-state index contributed by atoms with van der Waals surface area (Å²) in [6.07, 6.45) is 5.16.